The fourth-order valence-electron chi connectivity index (χ4n) is 5.70. The molecular formula is C22H23ClFNO3. The highest BCUT2D eigenvalue weighted by molar-refractivity contribution is 6.32. The number of furan rings is 1. The van der Waals surface area contributed by atoms with Gasteiger partial charge in [-0.15, -0.1) is 0 Å². The van der Waals surface area contributed by atoms with Crippen LogP contribution in [-0.2, 0) is 6.61 Å². The van der Waals surface area contributed by atoms with Gasteiger partial charge in [-0.05, 0) is 86.1 Å². The molecule has 1 amide bonds. The van der Waals surface area contributed by atoms with Crippen LogP contribution < -0.4 is 10.1 Å². The van der Waals surface area contributed by atoms with Gasteiger partial charge < -0.3 is 14.5 Å². The molecule has 2 aromatic rings. The van der Waals surface area contributed by atoms with Crippen molar-refractivity contribution in [2.75, 3.05) is 0 Å². The van der Waals surface area contributed by atoms with E-state index >= 15 is 0 Å². The van der Waals surface area contributed by atoms with Gasteiger partial charge in [-0.25, -0.2) is 4.39 Å². The van der Waals surface area contributed by atoms with Crippen LogP contribution in [0.2, 0.25) is 5.02 Å². The minimum absolute atomic E-state index is 0.122. The molecule has 4 aliphatic rings. The molecule has 6 heteroatoms. The highest BCUT2D eigenvalue weighted by Crippen LogP contribution is 2.53. The van der Waals surface area contributed by atoms with E-state index in [1.807, 2.05) is 0 Å². The van der Waals surface area contributed by atoms with E-state index in [1.54, 1.807) is 12.1 Å². The lowest BCUT2D eigenvalue weighted by Gasteiger charge is -2.54. The van der Waals surface area contributed by atoms with Gasteiger partial charge >= 0.3 is 0 Å². The maximum atomic E-state index is 13.1. The number of benzene rings is 1. The first-order chi connectivity index (χ1) is 13.5. The molecule has 6 rings (SSSR count). The van der Waals surface area contributed by atoms with Crippen LogP contribution in [0.5, 0.6) is 5.75 Å². The Morgan fingerprint density at radius 1 is 1.11 bits per heavy atom. The smallest absolute Gasteiger partial charge is 0.287 e. The summed E-state index contributed by atoms with van der Waals surface area (Å²) in [5, 5.41) is 3.44. The van der Waals surface area contributed by atoms with Crippen molar-refractivity contribution in [2.24, 2.45) is 23.7 Å². The van der Waals surface area contributed by atoms with Crippen molar-refractivity contribution < 1.29 is 18.3 Å². The van der Waals surface area contributed by atoms with Crippen LogP contribution in [0.1, 0.15) is 48.4 Å². The molecule has 0 saturated heterocycles. The second kappa shape index (κ2) is 7.11. The molecule has 4 fully saturated rings. The Morgan fingerprint density at radius 3 is 2.50 bits per heavy atom. The number of carbonyl (C=O) groups excluding carboxylic acids is 1. The molecule has 0 atom stereocenters. The van der Waals surface area contributed by atoms with E-state index in [4.69, 9.17) is 20.8 Å². The first-order valence-corrected chi connectivity index (χ1v) is 10.4. The van der Waals surface area contributed by atoms with Gasteiger partial charge in [0.2, 0.25) is 0 Å². The van der Waals surface area contributed by atoms with Gasteiger partial charge in [-0.2, -0.15) is 0 Å². The summed E-state index contributed by atoms with van der Waals surface area (Å²) in [6.45, 7) is 0.122. The van der Waals surface area contributed by atoms with E-state index in [1.165, 1.54) is 50.3 Å². The Kier molecular flexibility index (Phi) is 4.58. The summed E-state index contributed by atoms with van der Waals surface area (Å²) in [6.07, 6.45) is 6.43. The van der Waals surface area contributed by atoms with Crippen molar-refractivity contribution >= 4 is 17.5 Å². The number of rotatable bonds is 5. The molecule has 0 radical (unpaired) electrons. The standard InChI is InChI=1S/C22H23ClFNO3/c23-18-10-16(24)1-3-19(18)27-11-17-2-4-20(28-17)22(26)25-21-14-6-12-5-13(8-14)9-15(21)7-12/h1-4,10,12-15,21H,5-9,11H2,(H,25,26). The lowest BCUT2D eigenvalue weighted by atomic mass is 9.54. The van der Waals surface area contributed by atoms with Crippen molar-refractivity contribution in [3.05, 3.63) is 52.7 Å². The van der Waals surface area contributed by atoms with Crippen LogP contribution in [-0.4, -0.2) is 11.9 Å². The van der Waals surface area contributed by atoms with Crippen molar-refractivity contribution in [3.63, 3.8) is 0 Å². The number of hydrogen-bond donors (Lipinski definition) is 1. The molecule has 1 heterocycles. The molecular weight excluding hydrogens is 381 g/mol. The van der Waals surface area contributed by atoms with Crippen molar-refractivity contribution in [3.8, 4) is 5.75 Å². The molecule has 0 spiro atoms. The molecule has 4 aliphatic carbocycles. The van der Waals surface area contributed by atoms with Crippen LogP contribution in [0.3, 0.4) is 0 Å². The van der Waals surface area contributed by atoms with E-state index in [0.717, 1.165) is 11.8 Å². The number of amides is 1. The lowest BCUT2D eigenvalue weighted by Crippen LogP contribution is -2.55. The maximum Gasteiger partial charge on any atom is 0.287 e. The van der Waals surface area contributed by atoms with E-state index in [2.05, 4.69) is 5.32 Å². The topological polar surface area (TPSA) is 51.5 Å². The zero-order valence-electron chi connectivity index (χ0n) is 15.5. The molecule has 1 N–H and O–H groups in total. The van der Waals surface area contributed by atoms with E-state index in [9.17, 15) is 9.18 Å². The lowest BCUT2D eigenvalue weighted by molar-refractivity contribution is -0.0123. The predicted molar refractivity (Wildman–Crippen MR) is 103 cm³/mol. The third kappa shape index (κ3) is 3.41. The molecule has 4 bridgehead atoms. The third-order valence-electron chi connectivity index (χ3n) is 6.67. The average Bonchev–Trinajstić information content (AvgIpc) is 3.12. The Balaban J connectivity index is 1.20. The summed E-state index contributed by atoms with van der Waals surface area (Å²) >= 11 is 5.96. The van der Waals surface area contributed by atoms with Gasteiger partial charge in [-0.1, -0.05) is 11.6 Å². The SMILES string of the molecule is O=C(NC1C2CC3CC(C2)CC1C3)c1ccc(COc2ccc(F)cc2Cl)o1. The Hall–Kier alpha value is -2.01. The molecule has 0 unspecified atom stereocenters. The third-order valence-corrected chi connectivity index (χ3v) is 6.97. The summed E-state index contributed by atoms with van der Waals surface area (Å²) in [6, 6.07) is 7.64. The van der Waals surface area contributed by atoms with Crippen molar-refractivity contribution in [2.45, 2.75) is 44.8 Å². The highest BCUT2D eigenvalue weighted by atomic mass is 35.5. The van der Waals surface area contributed by atoms with Gasteiger partial charge in [0.25, 0.3) is 5.91 Å². The molecule has 28 heavy (non-hydrogen) atoms. The van der Waals surface area contributed by atoms with Gasteiger partial charge in [0.05, 0.1) is 5.02 Å². The summed E-state index contributed by atoms with van der Waals surface area (Å²) in [4.78, 5) is 12.7. The summed E-state index contributed by atoms with van der Waals surface area (Å²) in [5.74, 6) is 3.63. The first kappa shape index (κ1) is 18.0. The van der Waals surface area contributed by atoms with Crippen molar-refractivity contribution in [1.82, 2.24) is 5.32 Å². The molecule has 148 valence electrons. The zero-order chi connectivity index (χ0) is 19.3. The van der Waals surface area contributed by atoms with E-state index < -0.39 is 5.82 Å². The minimum Gasteiger partial charge on any atom is -0.484 e. The molecule has 0 aliphatic heterocycles. The normalized spacial score (nSPS) is 30.4. The second-order valence-corrected chi connectivity index (χ2v) is 8.97. The fourth-order valence-corrected chi connectivity index (χ4v) is 5.92. The van der Waals surface area contributed by atoms with Gasteiger partial charge in [0.1, 0.15) is 23.9 Å². The van der Waals surface area contributed by atoms with Crippen molar-refractivity contribution in [1.29, 1.82) is 0 Å². The highest BCUT2D eigenvalue weighted by Gasteiger charge is 2.48. The molecule has 4 nitrogen and oxygen atoms in total. The Labute approximate surface area is 168 Å². The minimum atomic E-state index is -0.418. The molecule has 1 aromatic heterocycles. The molecule has 1 aromatic carbocycles. The van der Waals surface area contributed by atoms with Gasteiger partial charge in [-0.3, -0.25) is 4.79 Å². The number of hydrogen-bond acceptors (Lipinski definition) is 3. The second-order valence-electron chi connectivity index (χ2n) is 8.56. The van der Waals surface area contributed by atoms with Crippen LogP contribution >= 0.6 is 11.6 Å². The van der Waals surface area contributed by atoms with Gasteiger partial charge in [0, 0.05) is 6.04 Å². The number of halogens is 2. The largest absolute Gasteiger partial charge is 0.484 e. The predicted octanol–water partition coefficient (Wildman–Crippen LogP) is 5.21. The van der Waals surface area contributed by atoms with Crippen LogP contribution in [0.15, 0.2) is 34.7 Å². The van der Waals surface area contributed by atoms with E-state index in [0.29, 0.717) is 29.1 Å². The Bertz CT molecular complexity index is 868. The van der Waals surface area contributed by atoms with Crippen LogP contribution in [0, 0.1) is 29.5 Å². The van der Waals surface area contributed by atoms with Crippen LogP contribution in [0.4, 0.5) is 4.39 Å². The van der Waals surface area contributed by atoms with Gasteiger partial charge in [0.15, 0.2) is 5.76 Å². The quantitative estimate of drug-likeness (QED) is 0.745. The Morgan fingerprint density at radius 2 is 1.82 bits per heavy atom. The fraction of sp³-hybridized carbons (Fsp3) is 0.500. The summed E-state index contributed by atoms with van der Waals surface area (Å²) in [5.41, 5.74) is 0. The zero-order valence-corrected chi connectivity index (χ0v) is 16.3. The maximum absolute atomic E-state index is 13.1. The molecule has 4 saturated carbocycles. The summed E-state index contributed by atoms with van der Waals surface area (Å²) < 4.78 is 24.3. The van der Waals surface area contributed by atoms with Crippen LogP contribution in [0.25, 0.3) is 0 Å². The number of carbonyl (C=O) groups is 1. The average molecular weight is 404 g/mol. The monoisotopic (exact) mass is 403 g/mol. The first-order valence-electron chi connectivity index (χ1n) is 10.0. The number of nitrogens with one attached hydrogen (secondary N) is 1. The van der Waals surface area contributed by atoms with E-state index in [-0.39, 0.29) is 23.6 Å². The summed E-state index contributed by atoms with van der Waals surface area (Å²) in [7, 11) is 0. The number of ether oxygens (including phenoxy) is 1.